The summed E-state index contributed by atoms with van der Waals surface area (Å²) < 4.78 is 19.4. The van der Waals surface area contributed by atoms with E-state index in [0.717, 1.165) is 38.9 Å². The minimum atomic E-state index is -0.285. The number of halogens is 3. The molecule has 150 valence electrons. The van der Waals surface area contributed by atoms with Crippen molar-refractivity contribution >= 4 is 24.8 Å². The van der Waals surface area contributed by atoms with Crippen LogP contribution >= 0.6 is 24.8 Å². The van der Waals surface area contributed by atoms with E-state index in [0.29, 0.717) is 24.8 Å². The highest BCUT2D eigenvalue weighted by Gasteiger charge is 2.21. The third kappa shape index (κ3) is 7.30. The SMILES string of the molecule is Cl.Cl.NCCc1cccc(CN2CCCC(COc3ccccc3F)C2)c1. The number of para-hydroxylation sites is 1. The average Bonchev–Trinajstić information content (AvgIpc) is 2.62. The Morgan fingerprint density at radius 2 is 1.85 bits per heavy atom. The highest BCUT2D eigenvalue weighted by molar-refractivity contribution is 5.85. The number of nitrogens with zero attached hydrogens (tertiary/aromatic N) is 1. The molecule has 1 aliphatic rings. The Kier molecular flexibility index (Phi) is 10.7. The minimum absolute atomic E-state index is 0. The van der Waals surface area contributed by atoms with E-state index in [1.165, 1.54) is 17.2 Å². The van der Waals surface area contributed by atoms with Crippen molar-refractivity contribution in [2.45, 2.75) is 25.8 Å². The van der Waals surface area contributed by atoms with E-state index in [1.54, 1.807) is 18.2 Å². The van der Waals surface area contributed by atoms with E-state index in [2.05, 4.69) is 29.2 Å². The molecule has 2 N–H and O–H groups in total. The lowest BCUT2D eigenvalue weighted by atomic mass is 9.98. The van der Waals surface area contributed by atoms with Crippen molar-refractivity contribution in [3.63, 3.8) is 0 Å². The topological polar surface area (TPSA) is 38.5 Å². The first-order valence-electron chi connectivity index (χ1n) is 9.12. The van der Waals surface area contributed by atoms with Crippen molar-refractivity contribution in [1.29, 1.82) is 0 Å². The largest absolute Gasteiger partial charge is 0.490 e. The molecule has 2 aromatic carbocycles. The summed E-state index contributed by atoms with van der Waals surface area (Å²) in [5, 5.41) is 0. The summed E-state index contributed by atoms with van der Waals surface area (Å²) in [5.41, 5.74) is 8.29. The van der Waals surface area contributed by atoms with Crippen molar-refractivity contribution in [3.05, 3.63) is 65.5 Å². The molecule has 0 aliphatic carbocycles. The van der Waals surface area contributed by atoms with Crippen LogP contribution in [0.3, 0.4) is 0 Å². The quantitative estimate of drug-likeness (QED) is 0.726. The Morgan fingerprint density at radius 3 is 2.63 bits per heavy atom. The second kappa shape index (κ2) is 12.2. The van der Waals surface area contributed by atoms with E-state index in [9.17, 15) is 4.39 Å². The number of piperidine rings is 1. The third-order valence-electron chi connectivity index (χ3n) is 4.74. The Balaban J connectivity index is 0.00000182. The van der Waals surface area contributed by atoms with Gasteiger partial charge in [-0.05, 0) is 55.6 Å². The second-order valence-electron chi connectivity index (χ2n) is 6.84. The molecule has 0 aromatic heterocycles. The molecule has 27 heavy (non-hydrogen) atoms. The van der Waals surface area contributed by atoms with Crippen LogP contribution in [0.1, 0.15) is 24.0 Å². The van der Waals surface area contributed by atoms with Crippen LogP contribution in [0.5, 0.6) is 5.75 Å². The van der Waals surface area contributed by atoms with Crippen molar-refractivity contribution in [2.24, 2.45) is 11.7 Å². The maximum atomic E-state index is 13.7. The zero-order valence-corrected chi connectivity index (χ0v) is 17.1. The number of hydrogen-bond acceptors (Lipinski definition) is 3. The molecule has 1 unspecified atom stereocenters. The summed E-state index contributed by atoms with van der Waals surface area (Å²) in [5.74, 6) is 0.515. The molecule has 1 atom stereocenters. The smallest absolute Gasteiger partial charge is 0.165 e. The molecule has 0 saturated carbocycles. The summed E-state index contributed by atoms with van der Waals surface area (Å²) in [6, 6.07) is 15.3. The summed E-state index contributed by atoms with van der Waals surface area (Å²) in [7, 11) is 0. The van der Waals surface area contributed by atoms with E-state index in [-0.39, 0.29) is 30.6 Å². The van der Waals surface area contributed by atoms with Gasteiger partial charge in [-0.1, -0.05) is 36.4 Å². The number of ether oxygens (including phenoxy) is 1. The summed E-state index contributed by atoms with van der Waals surface area (Å²) in [6.45, 7) is 4.31. The molecule has 2 aromatic rings. The lowest BCUT2D eigenvalue weighted by molar-refractivity contribution is 0.123. The van der Waals surface area contributed by atoms with Crippen LogP contribution in [0.15, 0.2) is 48.5 Å². The Labute approximate surface area is 173 Å². The van der Waals surface area contributed by atoms with Crippen molar-refractivity contribution in [1.82, 2.24) is 4.90 Å². The van der Waals surface area contributed by atoms with Crippen LogP contribution in [0.25, 0.3) is 0 Å². The monoisotopic (exact) mass is 414 g/mol. The number of nitrogens with two attached hydrogens (primary N) is 1. The maximum Gasteiger partial charge on any atom is 0.165 e. The molecule has 0 bridgehead atoms. The van der Waals surface area contributed by atoms with Crippen LogP contribution in [-0.2, 0) is 13.0 Å². The maximum absolute atomic E-state index is 13.7. The first kappa shape index (κ1) is 23.7. The highest BCUT2D eigenvalue weighted by atomic mass is 35.5. The van der Waals surface area contributed by atoms with Gasteiger partial charge in [-0.2, -0.15) is 0 Å². The fraction of sp³-hybridized carbons (Fsp3) is 0.429. The molecule has 0 spiro atoms. The predicted molar refractivity (Wildman–Crippen MR) is 114 cm³/mol. The Morgan fingerprint density at radius 1 is 1.07 bits per heavy atom. The molecule has 3 nitrogen and oxygen atoms in total. The van der Waals surface area contributed by atoms with Gasteiger partial charge in [-0.15, -0.1) is 24.8 Å². The van der Waals surface area contributed by atoms with Gasteiger partial charge in [0.05, 0.1) is 6.61 Å². The van der Waals surface area contributed by atoms with Crippen molar-refractivity contribution in [2.75, 3.05) is 26.2 Å². The molecule has 0 amide bonds. The number of benzene rings is 2. The van der Waals surface area contributed by atoms with E-state index >= 15 is 0 Å². The molecule has 0 radical (unpaired) electrons. The first-order chi connectivity index (χ1) is 12.2. The first-order valence-corrected chi connectivity index (χ1v) is 9.12. The van der Waals surface area contributed by atoms with Gasteiger partial charge in [0.25, 0.3) is 0 Å². The van der Waals surface area contributed by atoms with Gasteiger partial charge in [0.1, 0.15) is 0 Å². The molecular formula is C21H29Cl2FN2O. The normalized spacial score (nSPS) is 16.9. The zero-order valence-electron chi connectivity index (χ0n) is 15.5. The Bertz CT molecular complexity index is 687. The number of hydrogen-bond donors (Lipinski definition) is 1. The lowest BCUT2D eigenvalue weighted by Gasteiger charge is -2.32. The van der Waals surface area contributed by atoms with Gasteiger partial charge in [0.15, 0.2) is 11.6 Å². The fourth-order valence-electron chi connectivity index (χ4n) is 3.51. The van der Waals surface area contributed by atoms with E-state index in [1.807, 2.05) is 0 Å². The van der Waals surface area contributed by atoms with Crippen LogP contribution in [0.2, 0.25) is 0 Å². The zero-order chi connectivity index (χ0) is 17.5. The fourth-order valence-corrected chi connectivity index (χ4v) is 3.51. The molecule has 1 saturated heterocycles. The molecular weight excluding hydrogens is 386 g/mol. The minimum Gasteiger partial charge on any atom is -0.490 e. The molecule has 1 fully saturated rings. The molecule has 6 heteroatoms. The van der Waals surface area contributed by atoms with Crippen LogP contribution in [-0.4, -0.2) is 31.1 Å². The van der Waals surface area contributed by atoms with E-state index in [4.69, 9.17) is 10.5 Å². The molecule has 3 rings (SSSR count). The number of rotatable bonds is 7. The number of likely N-dealkylation sites (tertiary alicyclic amines) is 1. The van der Waals surface area contributed by atoms with Gasteiger partial charge in [0, 0.05) is 19.0 Å². The van der Waals surface area contributed by atoms with Crippen LogP contribution in [0, 0.1) is 11.7 Å². The average molecular weight is 415 g/mol. The Hall–Kier alpha value is -1.33. The summed E-state index contributed by atoms with van der Waals surface area (Å²) >= 11 is 0. The van der Waals surface area contributed by atoms with E-state index < -0.39 is 0 Å². The van der Waals surface area contributed by atoms with Crippen LogP contribution in [0.4, 0.5) is 4.39 Å². The van der Waals surface area contributed by atoms with Gasteiger partial charge in [0.2, 0.25) is 0 Å². The van der Waals surface area contributed by atoms with Gasteiger partial charge < -0.3 is 10.5 Å². The van der Waals surface area contributed by atoms with Gasteiger partial charge in [-0.25, -0.2) is 4.39 Å². The van der Waals surface area contributed by atoms with Crippen LogP contribution < -0.4 is 10.5 Å². The predicted octanol–water partition coefficient (Wildman–Crippen LogP) is 4.46. The third-order valence-corrected chi connectivity index (χ3v) is 4.74. The lowest BCUT2D eigenvalue weighted by Crippen LogP contribution is -2.37. The molecule has 1 aliphatic heterocycles. The summed E-state index contributed by atoms with van der Waals surface area (Å²) in [6.07, 6.45) is 3.22. The van der Waals surface area contributed by atoms with Gasteiger partial charge in [-0.3, -0.25) is 4.90 Å². The van der Waals surface area contributed by atoms with Gasteiger partial charge >= 0.3 is 0 Å². The second-order valence-corrected chi connectivity index (χ2v) is 6.84. The molecule has 1 heterocycles. The van der Waals surface area contributed by atoms with Crippen molar-refractivity contribution in [3.8, 4) is 5.75 Å². The standard InChI is InChI=1S/C21H27FN2O.2ClH/c22-20-8-1-2-9-21(20)25-16-19-7-4-12-24(15-19)14-18-6-3-5-17(13-18)10-11-23;;/h1-3,5-6,8-9,13,19H,4,7,10-12,14-16,23H2;2*1H. The summed E-state index contributed by atoms with van der Waals surface area (Å²) in [4.78, 5) is 2.47. The van der Waals surface area contributed by atoms with Crippen molar-refractivity contribution < 1.29 is 9.13 Å². The highest BCUT2D eigenvalue weighted by Crippen LogP contribution is 2.22.